The van der Waals surface area contributed by atoms with E-state index in [-0.39, 0.29) is 37.3 Å². The minimum Gasteiger partial charge on any atom is -0.339 e. The van der Waals surface area contributed by atoms with Crippen LogP contribution in [0.5, 0.6) is 0 Å². The number of carbonyl (C=O) groups excluding carboxylic acids is 1. The smallest absolute Gasteiger partial charge is 0.236 e. The molecule has 1 amide bonds. The predicted molar refractivity (Wildman–Crippen MR) is 80.6 cm³/mol. The maximum absolute atomic E-state index is 11.4. The molecule has 0 radical (unpaired) electrons. The van der Waals surface area contributed by atoms with Crippen LogP contribution in [0.1, 0.15) is 27.2 Å². The molecule has 0 aliphatic carbocycles. The SMILES string of the molecule is CC(C)(C)CCN1CCN(C(=O)CN)CC1.Cl.Cl. The lowest BCUT2D eigenvalue weighted by molar-refractivity contribution is -0.131. The molecule has 1 saturated heterocycles. The Hall–Kier alpha value is -0.0300. The standard InChI is InChI=1S/C12H25N3O.2ClH/c1-12(2,3)4-5-14-6-8-15(9-7-14)11(16)10-13;;/h4-10,13H2,1-3H3;2*1H. The molecule has 0 unspecified atom stereocenters. The van der Waals surface area contributed by atoms with Gasteiger partial charge in [-0.2, -0.15) is 0 Å². The predicted octanol–water partition coefficient (Wildman–Crippen LogP) is 1.37. The summed E-state index contributed by atoms with van der Waals surface area (Å²) >= 11 is 0. The maximum Gasteiger partial charge on any atom is 0.236 e. The number of piperazine rings is 1. The number of nitrogens with two attached hydrogens (primary N) is 1. The largest absolute Gasteiger partial charge is 0.339 e. The van der Waals surface area contributed by atoms with Crippen molar-refractivity contribution >= 4 is 30.7 Å². The summed E-state index contributed by atoms with van der Waals surface area (Å²) in [5.41, 5.74) is 5.74. The summed E-state index contributed by atoms with van der Waals surface area (Å²) in [5, 5.41) is 0. The molecule has 6 heteroatoms. The lowest BCUT2D eigenvalue weighted by Gasteiger charge is -2.35. The lowest BCUT2D eigenvalue weighted by atomic mass is 9.92. The van der Waals surface area contributed by atoms with Gasteiger partial charge in [0.2, 0.25) is 5.91 Å². The van der Waals surface area contributed by atoms with Crippen molar-refractivity contribution < 1.29 is 4.79 Å². The van der Waals surface area contributed by atoms with Crippen LogP contribution in [0.3, 0.4) is 0 Å². The number of carbonyl (C=O) groups is 1. The van der Waals surface area contributed by atoms with Crippen LogP contribution in [0.4, 0.5) is 0 Å². The summed E-state index contributed by atoms with van der Waals surface area (Å²) in [6.45, 7) is 11.7. The molecule has 18 heavy (non-hydrogen) atoms. The van der Waals surface area contributed by atoms with Crippen molar-refractivity contribution in [2.75, 3.05) is 39.3 Å². The highest BCUT2D eigenvalue weighted by Gasteiger charge is 2.21. The van der Waals surface area contributed by atoms with Gasteiger partial charge in [0.15, 0.2) is 0 Å². The van der Waals surface area contributed by atoms with Crippen molar-refractivity contribution in [1.29, 1.82) is 0 Å². The van der Waals surface area contributed by atoms with Crippen LogP contribution in [0, 0.1) is 5.41 Å². The van der Waals surface area contributed by atoms with Gasteiger partial charge >= 0.3 is 0 Å². The second kappa shape index (κ2) is 8.97. The topological polar surface area (TPSA) is 49.6 Å². The fourth-order valence-electron chi connectivity index (χ4n) is 1.84. The Balaban J connectivity index is 0. The molecule has 1 aliphatic heterocycles. The summed E-state index contributed by atoms with van der Waals surface area (Å²) in [4.78, 5) is 15.7. The Morgan fingerprint density at radius 2 is 1.61 bits per heavy atom. The molecule has 0 aromatic rings. The molecule has 1 rings (SSSR count). The van der Waals surface area contributed by atoms with Crippen LogP contribution in [0.25, 0.3) is 0 Å². The van der Waals surface area contributed by atoms with Crippen molar-refractivity contribution in [3.8, 4) is 0 Å². The van der Waals surface area contributed by atoms with E-state index < -0.39 is 0 Å². The van der Waals surface area contributed by atoms with E-state index in [1.807, 2.05) is 4.90 Å². The summed E-state index contributed by atoms with van der Waals surface area (Å²) < 4.78 is 0. The quantitative estimate of drug-likeness (QED) is 0.856. The highest BCUT2D eigenvalue weighted by Crippen LogP contribution is 2.19. The van der Waals surface area contributed by atoms with E-state index in [0.717, 1.165) is 32.7 Å². The van der Waals surface area contributed by atoms with Gasteiger partial charge in [-0.05, 0) is 18.4 Å². The molecule has 1 aliphatic rings. The van der Waals surface area contributed by atoms with E-state index >= 15 is 0 Å². The molecule has 110 valence electrons. The summed E-state index contributed by atoms with van der Waals surface area (Å²) in [7, 11) is 0. The van der Waals surface area contributed by atoms with Crippen molar-refractivity contribution in [2.24, 2.45) is 11.1 Å². The number of rotatable bonds is 3. The fourth-order valence-corrected chi connectivity index (χ4v) is 1.84. The monoisotopic (exact) mass is 299 g/mol. The van der Waals surface area contributed by atoms with E-state index in [2.05, 4.69) is 25.7 Å². The van der Waals surface area contributed by atoms with Gasteiger partial charge in [0.05, 0.1) is 6.54 Å². The molecule has 4 nitrogen and oxygen atoms in total. The van der Waals surface area contributed by atoms with E-state index in [4.69, 9.17) is 5.73 Å². The van der Waals surface area contributed by atoms with Gasteiger partial charge in [-0.15, -0.1) is 24.8 Å². The minimum atomic E-state index is 0. The summed E-state index contributed by atoms with van der Waals surface area (Å²) in [5.74, 6) is 0.0791. The number of nitrogens with zero attached hydrogens (tertiary/aromatic N) is 2. The van der Waals surface area contributed by atoms with Gasteiger partial charge in [-0.3, -0.25) is 9.69 Å². The molecule has 0 aromatic carbocycles. The van der Waals surface area contributed by atoms with Gasteiger partial charge in [0, 0.05) is 26.2 Å². The zero-order valence-corrected chi connectivity index (χ0v) is 13.3. The van der Waals surface area contributed by atoms with Crippen LogP contribution >= 0.6 is 24.8 Å². The van der Waals surface area contributed by atoms with E-state index in [1.54, 1.807) is 0 Å². The zero-order chi connectivity index (χ0) is 12.2. The normalized spacial score (nSPS) is 16.8. The highest BCUT2D eigenvalue weighted by molar-refractivity contribution is 5.85. The first kappa shape index (κ1) is 20.3. The third kappa shape index (κ3) is 7.41. The fraction of sp³-hybridized carbons (Fsp3) is 0.917. The molecular weight excluding hydrogens is 273 g/mol. The summed E-state index contributed by atoms with van der Waals surface area (Å²) in [6.07, 6.45) is 1.21. The Kier molecular flexibility index (Phi) is 10.1. The first-order chi connectivity index (χ1) is 7.42. The average Bonchev–Trinajstić information content (AvgIpc) is 2.25. The lowest BCUT2D eigenvalue weighted by Crippen LogP contribution is -2.50. The van der Waals surface area contributed by atoms with E-state index in [1.165, 1.54) is 6.42 Å². The molecule has 0 atom stereocenters. The zero-order valence-electron chi connectivity index (χ0n) is 11.6. The van der Waals surface area contributed by atoms with Gasteiger partial charge in [0.1, 0.15) is 0 Å². The molecule has 0 bridgehead atoms. The first-order valence-corrected chi connectivity index (χ1v) is 6.12. The van der Waals surface area contributed by atoms with Gasteiger partial charge in [-0.25, -0.2) is 0 Å². The van der Waals surface area contributed by atoms with Crippen LogP contribution in [-0.2, 0) is 4.79 Å². The van der Waals surface area contributed by atoms with Crippen molar-refractivity contribution in [2.45, 2.75) is 27.2 Å². The summed E-state index contributed by atoms with van der Waals surface area (Å²) in [6, 6.07) is 0. The van der Waals surface area contributed by atoms with Crippen LogP contribution < -0.4 is 5.73 Å². The Morgan fingerprint density at radius 3 is 2.00 bits per heavy atom. The number of hydrogen-bond acceptors (Lipinski definition) is 3. The van der Waals surface area contributed by atoms with Gasteiger partial charge < -0.3 is 10.6 Å². The van der Waals surface area contributed by atoms with E-state index in [9.17, 15) is 4.79 Å². The molecule has 2 N–H and O–H groups in total. The van der Waals surface area contributed by atoms with Crippen LogP contribution in [-0.4, -0.2) is 55.0 Å². The Bertz CT molecular complexity index is 236. The first-order valence-electron chi connectivity index (χ1n) is 6.12. The third-order valence-electron chi connectivity index (χ3n) is 3.08. The Labute approximate surface area is 123 Å². The van der Waals surface area contributed by atoms with Crippen molar-refractivity contribution in [3.63, 3.8) is 0 Å². The van der Waals surface area contributed by atoms with Gasteiger partial charge in [-0.1, -0.05) is 20.8 Å². The maximum atomic E-state index is 11.4. The third-order valence-corrected chi connectivity index (χ3v) is 3.08. The second-order valence-corrected chi connectivity index (χ2v) is 5.74. The van der Waals surface area contributed by atoms with E-state index in [0.29, 0.717) is 5.41 Å². The van der Waals surface area contributed by atoms with Crippen molar-refractivity contribution in [1.82, 2.24) is 9.80 Å². The van der Waals surface area contributed by atoms with Crippen molar-refractivity contribution in [3.05, 3.63) is 0 Å². The number of halogens is 2. The molecule has 0 aromatic heterocycles. The number of hydrogen-bond donors (Lipinski definition) is 1. The van der Waals surface area contributed by atoms with Crippen LogP contribution in [0.2, 0.25) is 0 Å². The van der Waals surface area contributed by atoms with Crippen LogP contribution in [0.15, 0.2) is 0 Å². The molecule has 0 saturated carbocycles. The highest BCUT2D eigenvalue weighted by atomic mass is 35.5. The molecule has 1 heterocycles. The Morgan fingerprint density at radius 1 is 1.11 bits per heavy atom. The molecule has 1 fully saturated rings. The number of amides is 1. The molecular formula is C12H27Cl2N3O. The molecule has 0 spiro atoms. The average molecular weight is 300 g/mol. The second-order valence-electron chi connectivity index (χ2n) is 5.74. The van der Waals surface area contributed by atoms with Gasteiger partial charge in [0.25, 0.3) is 0 Å². The minimum absolute atomic E-state index is 0.